The number of thiophene rings is 1. The van der Waals surface area contributed by atoms with Gasteiger partial charge >= 0.3 is 10.1 Å². The third kappa shape index (κ3) is 6.24. The lowest BCUT2D eigenvalue weighted by atomic mass is 9.73. The molecular weight excluding hydrogens is 801 g/mol. The number of alkyl halides is 3. The van der Waals surface area contributed by atoms with Crippen molar-refractivity contribution < 1.29 is 28.2 Å². The lowest BCUT2D eigenvalue weighted by Crippen LogP contribution is -2.60. The molecule has 2 bridgehead atoms. The fourth-order valence-electron chi connectivity index (χ4n) is 8.71. The van der Waals surface area contributed by atoms with Gasteiger partial charge in [-0.15, -0.1) is 11.3 Å². The molecule has 264 valence electrons. The van der Waals surface area contributed by atoms with Crippen LogP contribution in [0.4, 0.5) is 8.78 Å². The number of aromatic carboxylic acids is 1. The first-order valence-corrected chi connectivity index (χ1v) is 19.3. The van der Waals surface area contributed by atoms with E-state index < -0.39 is 16.2 Å². The Morgan fingerprint density at radius 3 is 2.68 bits per heavy atom. The molecule has 2 saturated carbocycles. The number of hydrogen-bond acceptors (Lipinski definition) is 8. The van der Waals surface area contributed by atoms with E-state index in [-0.39, 0.29) is 47.7 Å². The fraction of sp³-hybridized carbons (Fsp3) is 0.500. The maximum absolute atomic E-state index is 14.2. The van der Waals surface area contributed by atoms with E-state index in [1.165, 1.54) is 11.3 Å². The van der Waals surface area contributed by atoms with Crippen molar-refractivity contribution in [3.8, 4) is 16.9 Å². The first kappa shape index (κ1) is 34.4. The summed E-state index contributed by atoms with van der Waals surface area (Å²) in [6.07, 6.45) is 5.55. The molecule has 4 atom stereocenters. The van der Waals surface area contributed by atoms with Gasteiger partial charge in [0.15, 0.2) is 0 Å². The Kier molecular flexibility index (Phi) is 8.76. The molecule has 2 saturated heterocycles. The Morgan fingerprint density at radius 2 is 1.98 bits per heavy atom. The second-order valence-electron chi connectivity index (χ2n) is 14.2. The summed E-state index contributed by atoms with van der Waals surface area (Å²) in [5.41, 5.74) is 4.31. The number of benzene rings is 1. The number of fused-ring (bicyclic) bond motifs is 6. The van der Waals surface area contributed by atoms with E-state index in [4.69, 9.17) is 26.1 Å². The van der Waals surface area contributed by atoms with Crippen molar-refractivity contribution in [3.63, 3.8) is 0 Å². The van der Waals surface area contributed by atoms with Gasteiger partial charge in [-0.2, -0.15) is 8.78 Å². The van der Waals surface area contributed by atoms with Gasteiger partial charge in [-0.3, -0.25) is 19.2 Å². The summed E-state index contributed by atoms with van der Waals surface area (Å²) < 4.78 is 38.3. The molecule has 50 heavy (non-hydrogen) atoms. The standard InChI is InChI=1S/C36H36ClF2IN4O5S/c1-18-11-25(31-30(41-18)27(17-50-31)34(46)47)24-12-21(37)4-6-28(24)48-10-9-43-19(2)42-32-26(33(43)45)13-23(15-35(32)7-8-35)44-16-20-3-5-22(44)14-29(20)49-36(38,39)40/h4,6,11-12,17,20,22-23,29H,3,5,7-10,13-16H2,1-2H3,(H,46,47)/t20-,22-,23-,29?/m1/s1. The monoisotopic (exact) mass is 836 g/mol. The average molecular weight is 837 g/mol. The van der Waals surface area contributed by atoms with Gasteiger partial charge in [-0.05, 0) is 89.0 Å². The van der Waals surface area contributed by atoms with Gasteiger partial charge < -0.3 is 14.6 Å². The van der Waals surface area contributed by atoms with Gasteiger partial charge in [0.05, 0.1) is 34.1 Å². The van der Waals surface area contributed by atoms with Gasteiger partial charge in [-0.1, -0.05) is 11.6 Å². The van der Waals surface area contributed by atoms with Crippen molar-refractivity contribution in [1.29, 1.82) is 0 Å². The molecule has 1 unspecified atom stereocenters. The van der Waals surface area contributed by atoms with Crippen molar-refractivity contribution in [1.82, 2.24) is 19.4 Å². The molecule has 3 aliphatic carbocycles. The lowest BCUT2D eigenvalue weighted by Gasteiger charge is -2.53. The van der Waals surface area contributed by atoms with E-state index in [1.807, 2.05) is 19.9 Å². The van der Waals surface area contributed by atoms with E-state index in [9.17, 15) is 23.5 Å². The second kappa shape index (κ2) is 12.7. The number of halogens is 4. The van der Waals surface area contributed by atoms with Crippen LogP contribution < -0.4 is 10.3 Å². The normalized spacial score (nSPS) is 24.1. The third-order valence-corrected chi connectivity index (χ3v) is 12.6. The molecule has 9 rings (SSSR count). The number of aryl methyl sites for hydroxylation is 2. The minimum Gasteiger partial charge on any atom is -0.491 e. The summed E-state index contributed by atoms with van der Waals surface area (Å²) in [5.74, 6) is 0.238. The van der Waals surface area contributed by atoms with E-state index in [0.717, 1.165) is 82.8 Å². The van der Waals surface area contributed by atoms with Crippen LogP contribution in [-0.2, 0) is 23.1 Å². The number of carboxylic acid groups (broad SMARTS) is 1. The van der Waals surface area contributed by atoms with Crippen molar-refractivity contribution in [2.75, 3.05) is 13.2 Å². The highest BCUT2D eigenvalue weighted by Gasteiger charge is 2.55. The number of nitrogens with zero attached hydrogens (tertiary/aromatic N) is 4. The van der Waals surface area contributed by atoms with Crippen LogP contribution in [-0.4, -0.2) is 66.0 Å². The maximum Gasteiger partial charge on any atom is 0.408 e. The van der Waals surface area contributed by atoms with Gasteiger partial charge in [-0.25, -0.2) is 9.78 Å². The molecule has 5 aliphatic rings. The van der Waals surface area contributed by atoms with Crippen molar-refractivity contribution in [2.45, 2.75) is 93.1 Å². The Morgan fingerprint density at radius 1 is 1.18 bits per heavy atom. The number of aromatic nitrogens is 3. The largest absolute Gasteiger partial charge is 0.491 e. The zero-order valence-electron chi connectivity index (χ0n) is 27.6. The van der Waals surface area contributed by atoms with Crippen LogP contribution in [0, 0.1) is 19.8 Å². The van der Waals surface area contributed by atoms with Gasteiger partial charge in [0, 0.05) is 79.4 Å². The lowest BCUT2D eigenvalue weighted by molar-refractivity contribution is -0.218. The molecule has 1 spiro atoms. The van der Waals surface area contributed by atoms with Crippen LogP contribution in [0.25, 0.3) is 21.3 Å². The summed E-state index contributed by atoms with van der Waals surface area (Å²) in [6.45, 7) is 4.89. The van der Waals surface area contributed by atoms with Crippen molar-refractivity contribution in [2.24, 2.45) is 5.92 Å². The minimum atomic E-state index is -3.17. The smallest absolute Gasteiger partial charge is 0.408 e. The predicted octanol–water partition coefficient (Wildman–Crippen LogP) is 7.77. The molecule has 1 aromatic carbocycles. The van der Waals surface area contributed by atoms with Crippen LogP contribution in [0.15, 0.2) is 34.4 Å². The molecule has 5 heterocycles. The first-order valence-electron chi connectivity index (χ1n) is 17.0. The Labute approximate surface area is 310 Å². The fourth-order valence-corrected chi connectivity index (χ4v) is 10.2. The highest BCUT2D eigenvalue weighted by Crippen LogP contribution is 2.56. The Hall–Kier alpha value is -2.72. The number of ether oxygens (including phenoxy) is 2. The number of pyridine rings is 1. The molecule has 0 amide bonds. The van der Waals surface area contributed by atoms with E-state index in [2.05, 4.69) is 9.88 Å². The molecule has 4 aromatic rings. The van der Waals surface area contributed by atoms with Crippen LogP contribution in [0.3, 0.4) is 0 Å². The SMILES string of the molecule is Cc1cc(-c2cc(Cl)ccc2OCCn2c(C)nc3c(c2=O)C[C@@H](N2C[C@H]4CC[C@@H]2CC4OC(F)(F)I)CC32CC2)c2scc(C(=O)O)c2n1. The number of carbonyl (C=O) groups is 1. The van der Waals surface area contributed by atoms with Gasteiger partial charge in [0.1, 0.15) is 18.2 Å². The highest BCUT2D eigenvalue weighted by atomic mass is 127. The summed E-state index contributed by atoms with van der Waals surface area (Å²) in [4.78, 5) is 38.1. The summed E-state index contributed by atoms with van der Waals surface area (Å²) in [5, 5.41) is 11.8. The number of hydrogen-bond donors (Lipinski definition) is 1. The molecule has 14 heteroatoms. The zero-order chi connectivity index (χ0) is 35.1. The van der Waals surface area contributed by atoms with E-state index >= 15 is 0 Å². The average Bonchev–Trinajstić information content (AvgIpc) is 3.69. The Bertz CT molecular complexity index is 2080. The van der Waals surface area contributed by atoms with Gasteiger partial charge in [0.2, 0.25) is 0 Å². The van der Waals surface area contributed by atoms with Crippen LogP contribution >= 0.6 is 45.5 Å². The van der Waals surface area contributed by atoms with Crippen molar-refractivity contribution >= 4 is 61.7 Å². The molecule has 2 aliphatic heterocycles. The second-order valence-corrected chi connectivity index (χ2v) is 16.8. The quantitative estimate of drug-likeness (QED) is 0.135. The topological polar surface area (TPSA) is 107 Å². The molecule has 4 fully saturated rings. The number of piperidine rings is 2. The molecule has 9 nitrogen and oxygen atoms in total. The summed E-state index contributed by atoms with van der Waals surface area (Å²) in [7, 11) is 0. The van der Waals surface area contributed by atoms with Crippen LogP contribution in [0.5, 0.6) is 5.75 Å². The molecular formula is C36H36ClF2IN4O5S. The third-order valence-electron chi connectivity index (χ3n) is 11.1. The predicted molar refractivity (Wildman–Crippen MR) is 195 cm³/mol. The molecule has 1 N–H and O–H groups in total. The van der Waals surface area contributed by atoms with Crippen LogP contribution in [0.1, 0.15) is 71.7 Å². The van der Waals surface area contributed by atoms with Crippen LogP contribution in [0.2, 0.25) is 5.02 Å². The minimum absolute atomic E-state index is 0.0393. The van der Waals surface area contributed by atoms with E-state index in [0.29, 0.717) is 46.2 Å². The maximum atomic E-state index is 14.2. The van der Waals surface area contributed by atoms with Gasteiger partial charge in [0.25, 0.3) is 5.56 Å². The zero-order valence-corrected chi connectivity index (χ0v) is 31.3. The summed E-state index contributed by atoms with van der Waals surface area (Å²) in [6, 6.07) is 7.56. The van der Waals surface area contributed by atoms with Crippen molar-refractivity contribution in [3.05, 3.63) is 73.4 Å². The molecule has 3 aromatic heterocycles. The first-order chi connectivity index (χ1) is 23.8. The Balaban J connectivity index is 1.04. The number of carboxylic acids is 1. The highest BCUT2D eigenvalue weighted by molar-refractivity contribution is 14.1. The molecule has 0 radical (unpaired) electrons. The van der Waals surface area contributed by atoms with E-state index in [1.54, 1.807) is 28.1 Å². The number of rotatable bonds is 9. The summed E-state index contributed by atoms with van der Waals surface area (Å²) >= 11 is 8.82.